The van der Waals surface area contributed by atoms with Gasteiger partial charge in [0.2, 0.25) is 5.91 Å². The van der Waals surface area contributed by atoms with Crippen molar-refractivity contribution >= 4 is 44.9 Å². The van der Waals surface area contributed by atoms with E-state index in [2.05, 4.69) is 15.3 Å². The zero-order chi connectivity index (χ0) is 15.4. The third-order valence-electron chi connectivity index (χ3n) is 2.95. The van der Waals surface area contributed by atoms with Crippen molar-refractivity contribution in [2.75, 3.05) is 18.2 Å². The van der Waals surface area contributed by atoms with Crippen LogP contribution in [0.2, 0.25) is 0 Å². The number of benzene rings is 1. The van der Waals surface area contributed by atoms with Crippen molar-refractivity contribution in [3.63, 3.8) is 0 Å². The van der Waals surface area contributed by atoms with Crippen LogP contribution in [0.4, 0.5) is 5.69 Å². The van der Waals surface area contributed by atoms with E-state index >= 15 is 0 Å². The summed E-state index contributed by atoms with van der Waals surface area (Å²) in [5, 5.41) is 6.63. The molecular formula is C15H13N3O2S2. The van der Waals surface area contributed by atoms with Gasteiger partial charge in [0.15, 0.2) is 0 Å². The summed E-state index contributed by atoms with van der Waals surface area (Å²) in [6, 6.07) is 9.30. The van der Waals surface area contributed by atoms with E-state index in [-0.39, 0.29) is 11.7 Å². The molecule has 0 aliphatic heterocycles. The second-order valence-corrected chi connectivity index (χ2v) is 6.21. The number of methoxy groups -OCH3 is 1. The minimum absolute atomic E-state index is 0.100. The van der Waals surface area contributed by atoms with Gasteiger partial charge < -0.3 is 10.1 Å². The van der Waals surface area contributed by atoms with Gasteiger partial charge in [0.25, 0.3) is 0 Å². The van der Waals surface area contributed by atoms with Crippen LogP contribution in [0, 0.1) is 0 Å². The lowest BCUT2D eigenvalue weighted by molar-refractivity contribution is -0.113. The van der Waals surface area contributed by atoms with Gasteiger partial charge in [-0.05, 0) is 23.6 Å². The van der Waals surface area contributed by atoms with E-state index in [0.29, 0.717) is 11.4 Å². The van der Waals surface area contributed by atoms with E-state index in [4.69, 9.17) is 4.74 Å². The molecule has 22 heavy (non-hydrogen) atoms. The van der Waals surface area contributed by atoms with Gasteiger partial charge in [-0.15, -0.1) is 11.3 Å². The third kappa shape index (κ3) is 3.20. The first-order chi connectivity index (χ1) is 10.8. The second kappa shape index (κ2) is 6.76. The number of nitrogens with one attached hydrogen (secondary N) is 1. The average molecular weight is 331 g/mol. The lowest BCUT2D eigenvalue weighted by atomic mass is 10.3. The normalized spacial score (nSPS) is 10.6. The number of para-hydroxylation sites is 2. The fourth-order valence-corrected chi connectivity index (χ4v) is 3.53. The maximum Gasteiger partial charge on any atom is 0.234 e. The third-order valence-corrected chi connectivity index (χ3v) is 4.77. The Labute approximate surface area is 135 Å². The molecule has 0 aliphatic rings. The number of nitrogens with zero attached hydrogens (tertiary/aromatic N) is 2. The fraction of sp³-hybridized carbons (Fsp3) is 0.133. The van der Waals surface area contributed by atoms with Crippen molar-refractivity contribution in [3.05, 3.63) is 42.0 Å². The van der Waals surface area contributed by atoms with Crippen molar-refractivity contribution in [1.82, 2.24) is 9.97 Å². The highest BCUT2D eigenvalue weighted by Crippen LogP contribution is 2.28. The molecule has 1 N–H and O–H groups in total. The van der Waals surface area contributed by atoms with Gasteiger partial charge in [-0.2, -0.15) is 0 Å². The Kier molecular flexibility index (Phi) is 4.55. The van der Waals surface area contributed by atoms with E-state index in [9.17, 15) is 4.79 Å². The number of anilines is 1. The zero-order valence-electron chi connectivity index (χ0n) is 11.8. The average Bonchev–Trinajstić information content (AvgIpc) is 3.02. The number of thioether (sulfide) groups is 1. The topological polar surface area (TPSA) is 64.1 Å². The van der Waals surface area contributed by atoms with Gasteiger partial charge in [0.1, 0.15) is 21.9 Å². The van der Waals surface area contributed by atoms with Gasteiger partial charge in [-0.1, -0.05) is 23.9 Å². The van der Waals surface area contributed by atoms with E-state index < -0.39 is 0 Å². The summed E-state index contributed by atoms with van der Waals surface area (Å²) in [5.41, 5.74) is 0.666. The number of rotatable bonds is 5. The summed E-state index contributed by atoms with van der Waals surface area (Å²) >= 11 is 2.96. The molecule has 1 amide bonds. The Morgan fingerprint density at radius 1 is 1.32 bits per heavy atom. The Hall–Kier alpha value is -2.12. The zero-order valence-corrected chi connectivity index (χ0v) is 13.4. The second-order valence-electron chi connectivity index (χ2n) is 4.36. The van der Waals surface area contributed by atoms with Gasteiger partial charge in [0.05, 0.1) is 18.6 Å². The predicted octanol–water partition coefficient (Wildman–Crippen LogP) is 3.43. The van der Waals surface area contributed by atoms with Crippen LogP contribution in [0.3, 0.4) is 0 Å². The highest BCUT2D eigenvalue weighted by Gasteiger charge is 2.10. The van der Waals surface area contributed by atoms with Crippen molar-refractivity contribution in [2.45, 2.75) is 5.03 Å². The molecule has 1 aromatic carbocycles. The first-order valence-corrected chi connectivity index (χ1v) is 8.38. The predicted molar refractivity (Wildman–Crippen MR) is 89.8 cm³/mol. The van der Waals surface area contributed by atoms with Crippen molar-refractivity contribution < 1.29 is 9.53 Å². The number of fused-ring (bicyclic) bond motifs is 1. The van der Waals surface area contributed by atoms with Gasteiger partial charge in [-0.25, -0.2) is 9.97 Å². The number of amides is 1. The number of carbonyl (C=O) groups excluding carboxylic acids is 1. The number of carbonyl (C=O) groups is 1. The van der Waals surface area contributed by atoms with Gasteiger partial charge in [0, 0.05) is 5.39 Å². The van der Waals surface area contributed by atoms with Crippen LogP contribution in [-0.2, 0) is 4.79 Å². The van der Waals surface area contributed by atoms with Crippen LogP contribution in [0.15, 0.2) is 47.1 Å². The quantitative estimate of drug-likeness (QED) is 0.573. The molecule has 0 saturated heterocycles. The Bertz CT molecular complexity index is 804. The molecule has 0 bridgehead atoms. The summed E-state index contributed by atoms with van der Waals surface area (Å²) in [5.74, 6) is 0.819. The number of hydrogen-bond acceptors (Lipinski definition) is 6. The van der Waals surface area contributed by atoms with Crippen molar-refractivity contribution in [2.24, 2.45) is 0 Å². The molecule has 3 rings (SSSR count). The van der Waals surface area contributed by atoms with Crippen molar-refractivity contribution in [1.29, 1.82) is 0 Å². The molecule has 0 fully saturated rings. The largest absolute Gasteiger partial charge is 0.495 e. The standard InChI is InChI=1S/C15H13N3O2S2/c1-20-12-5-3-2-4-11(12)18-13(19)8-22-15-10-6-7-21-14(10)16-9-17-15/h2-7,9H,8H2,1H3,(H,18,19). The molecule has 0 saturated carbocycles. The van der Waals surface area contributed by atoms with Crippen LogP contribution < -0.4 is 10.1 Å². The monoisotopic (exact) mass is 331 g/mol. The Morgan fingerprint density at radius 2 is 2.18 bits per heavy atom. The van der Waals surface area contributed by atoms with Crippen LogP contribution in [0.1, 0.15) is 0 Å². The first kappa shape index (κ1) is 14.8. The number of ether oxygens (including phenoxy) is 1. The van der Waals surface area contributed by atoms with Crippen LogP contribution in [0.5, 0.6) is 5.75 Å². The molecule has 0 unspecified atom stereocenters. The van der Waals surface area contributed by atoms with Gasteiger partial charge >= 0.3 is 0 Å². The van der Waals surface area contributed by atoms with E-state index in [1.807, 2.05) is 35.7 Å². The SMILES string of the molecule is COc1ccccc1NC(=O)CSc1ncnc2sccc12. The highest BCUT2D eigenvalue weighted by molar-refractivity contribution is 8.00. The fourth-order valence-electron chi connectivity index (χ4n) is 1.95. The molecule has 112 valence electrons. The Balaban J connectivity index is 1.66. The molecule has 7 heteroatoms. The maximum absolute atomic E-state index is 12.1. The van der Waals surface area contributed by atoms with Crippen LogP contribution >= 0.6 is 23.1 Å². The molecule has 0 atom stereocenters. The Morgan fingerprint density at radius 3 is 3.05 bits per heavy atom. The van der Waals surface area contributed by atoms with Crippen LogP contribution in [-0.4, -0.2) is 28.7 Å². The molecule has 2 heterocycles. The van der Waals surface area contributed by atoms with E-state index in [0.717, 1.165) is 15.2 Å². The van der Waals surface area contributed by atoms with E-state index in [1.165, 1.54) is 18.1 Å². The number of hydrogen-bond donors (Lipinski definition) is 1. The summed E-state index contributed by atoms with van der Waals surface area (Å²) in [4.78, 5) is 21.5. The summed E-state index contributed by atoms with van der Waals surface area (Å²) < 4.78 is 5.22. The highest BCUT2D eigenvalue weighted by atomic mass is 32.2. The molecule has 0 aliphatic carbocycles. The lowest BCUT2D eigenvalue weighted by Crippen LogP contribution is -2.14. The van der Waals surface area contributed by atoms with E-state index in [1.54, 1.807) is 18.4 Å². The van der Waals surface area contributed by atoms with Crippen LogP contribution in [0.25, 0.3) is 10.2 Å². The summed E-state index contributed by atoms with van der Waals surface area (Å²) in [7, 11) is 1.58. The summed E-state index contributed by atoms with van der Waals surface area (Å²) in [6.45, 7) is 0. The molecule has 0 radical (unpaired) electrons. The number of aromatic nitrogens is 2. The first-order valence-electron chi connectivity index (χ1n) is 6.52. The minimum Gasteiger partial charge on any atom is -0.495 e. The number of thiophene rings is 1. The maximum atomic E-state index is 12.1. The minimum atomic E-state index is -0.100. The smallest absolute Gasteiger partial charge is 0.234 e. The molecule has 5 nitrogen and oxygen atoms in total. The molecule has 2 aromatic heterocycles. The molecular weight excluding hydrogens is 318 g/mol. The lowest BCUT2D eigenvalue weighted by Gasteiger charge is -2.09. The van der Waals surface area contributed by atoms with Crippen molar-refractivity contribution in [3.8, 4) is 5.75 Å². The van der Waals surface area contributed by atoms with Gasteiger partial charge in [-0.3, -0.25) is 4.79 Å². The molecule has 0 spiro atoms. The molecule has 3 aromatic rings. The summed E-state index contributed by atoms with van der Waals surface area (Å²) in [6.07, 6.45) is 1.53.